The number of rotatable bonds is 14. The Bertz CT molecular complexity index is 2000. The summed E-state index contributed by atoms with van der Waals surface area (Å²) in [5.74, 6) is 1.50. The van der Waals surface area contributed by atoms with Crippen molar-refractivity contribution in [3.63, 3.8) is 0 Å². The van der Waals surface area contributed by atoms with Gasteiger partial charge in [-0.2, -0.15) is 5.26 Å². The van der Waals surface area contributed by atoms with Crippen molar-refractivity contribution in [1.29, 1.82) is 5.26 Å². The third kappa shape index (κ3) is 7.54. The van der Waals surface area contributed by atoms with Crippen LogP contribution in [-0.2, 0) is 27.9 Å². The Morgan fingerprint density at radius 1 is 1.00 bits per heavy atom. The number of imidazole rings is 1. The minimum Gasteiger partial charge on any atom is -0.748 e. The second-order valence-corrected chi connectivity index (χ2v) is 12.6. The molecule has 0 N–H and O–H groups in total. The van der Waals surface area contributed by atoms with E-state index in [1.807, 2.05) is 84.3 Å². The third-order valence-corrected chi connectivity index (χ3v) is 8.88. The van der Waals surface area contributed by atoms with Crippen molar-refractivity contribution in [2.75, 3.05) is 41.9 Å². The lowest BCUT2D eigenvalue weighted by Crippen LogP contribution is -2.35. The average Bonchev–Trinajstić information content (AvgIpc) is 3.54. The number of carbonyl (C=O) groups excluding carboxylic acids is 1. The van der Waals surface area contributed by atoms with Crippen LogP contribution in [0.15, 0.2) is 84.7 Å². The fourth-order valence-corrected chi connectivity index (χ4v) is 6.50. The van der Waals surface area contributed by atoms with Crippen molar-refractivity contribution in [2.45, 2.75) is 40.3 Å². The SMILES string of the molecule is CCOC(=O)c1ccc2c(c1)n(CCCS(=O)(=O)[O-])c(C=CC=C1N(CC)c3ccc(C#N)cc3N1CCOc1ccccc1)[n+]2CC. The molecule has 0 unspecified atom stereocenters. The Morgan fingerprint density at radius 2 is 1.79 bits per heavy atom. The molecular formula is C36H39N5O6S. The smallest absolute Gasteiger partial charge is 0.338 e. The standard InChI is InChI=1S/C36H39N5O6S/c1-4-38-30-18-16-27(26-37)24-32(30)41(21-22-47-29-12-8-7-9-13-29)35(38)15-10-14-34-39(5-2)31-19-17-28(36(42)46-6-3)25-33(31)40(34)20-11-23-48(43,44)45/h7-10,12-19,24-25H,4-6,11,20-23H2,1-3H3. The molecule has 0 fully saturated rings. The van der Waals surface area contributed by atoms with Crippen molar-refractivity contribution in [2.24, 2.45) is 0 Å². The summed E-state index contributed by atoms with van der Waals surface area (Å²) in [6.07, 6.45) is 6.00. The maximum absolute atomic E-state index is 12.6. The van der Waals surface area contributed by atoms with E-state index in [2.05, 4.69) is 27.4 Å². The first-order valence-electron chi connectivity index (χ1n) is 16.0. The fourth-order valence-electron chi connectivity index (χ4n) is 6.02. The third-order valence-electron chi connectivity index (χ3n) is 8.09. The number of hydrogen-bond acceptors (Lipinski definition) is 9. The maximum atomic E-state index is 12.6. The van der Waals surface area contributed by atoms with Gasteiger partial charge in [-0.3, -0.25) is 0 Å². The van der Waals surface area contributed by atoms with E-state index in [4.69, 9.17) is 9.47 Å². The van der Waals surface area contributed by atoms with Gasteiger partial charge in [0.2, 0.25) is 0 Å². The molecule has 0 aliphatic carbocycles. The highest BCUT2D eigenvalue weighted by Crippen LogP contribution is 2.42. The van der Waals surface area contributed by atoms with E-state index in [1.165, 1.54) is 0 Å². The Balaban J connectivity index is 1.55. The van der Waals surface area contributed by atoms with Crippen LogP contribution in [-0.4, -0.2) is 55.6 Å². The quantitative estimate of drug-likeness (QED) is 0.101. The molecule has 0 bridgehead atoms. The summed E-state index contributed by atoms with van der Waals surface area (Å²) >= 11 is 0. The van der Waals surface area contributed by atoms with Crippen LogP contribution in [0.5, 0.6) is 5.75 Å². The molecule has 250 valence electrons. The second kappa shape index (κ2) is 15.2. The van der Waals surface area contributed by atoms with Gasteiger partial charge in [0.25, 0.3) is 5.82 Å². The number of allylic oxidation sites excluding steroid dienone is 2. The molecule has 0 saturated heterocycles. The molecular weight excluding hydrogens is 630 g/mol. The number of carbonyl (C=O) groups is 1. The molecule has 3 aromatic carbocycles. The number of para-hydroxylation sites is 1. The lowest BCUT2D eigenvalue weighted by Gasteiger charge is -2.24. The van der Waals surface area contributed by atoms with Gasteiger partial charge in [0.05, 0.1) is 64.9 Å². The van der Waals surface area contributed by atoms with Gasteiger partial charge in [-0.05, 0) is 75.7 Å². The number of hydrogen-bond donors (Lipinski definition) is 0. The van der Waals surface area contributed by atoms with Crippen LogP contribution in [0, 0.1) is 11.3 Å². The summed E-state index contributed by atoms with van der Waals surface area (Å²) in [5.41, 5.74) is 4.42. The Kier molecular flexibility index (Phi) is 10.8. The number of aryl methyl sites for hydroxylation is 2. The molecule has 5 rings (SSSR count). The van der Waals surface area contributed by atoms with Gasteiger partial charge >= 0.3 is 5.97 Å². The van der Waals surface area contributed by atoms with Crippen molar-refractivity contribution in [3.8, 4) is 11.8 Å². The zero-order valence-electron chi connectivity index (χ0n) is 27.3. The largest absolute Gasteiger partial charge is 0.748 e. The zero-order valence-corrected chi connectivity index (χ0v) is 28.2. The summed E-state index contributed by atoms with van der Waals surface area (Å²) in [5, 5.41) is 9.64. The monoisotopic (exact) mass is 669 g/mol. The van der Waals surface area contributed by atoms with Crippen LogP contribution in [0.3, 0.4) is 0 Å². The molecule has 11 nitrogen and oxygen atoms in total. The molecule has 12 heteroatoms. The van der Waals surface area contributed by atoms with E-state index in [-0.39, 0.29) is 19.6 Å². The van der Waals surface area contributed by atoms with Gasteiger partial charge in [-0.1, -0.05) is 24.3 Å². The van der Waals surface area contributed by atoms with Gasteiger partial charge in [0.15, 0.2) is 11.0 Å². The summed E-state index contributed by atoms with van der Waals surface area (Å²) < 4.78 is 49.6. The first-order valence-corrected chi connectivity index (χ1v) is 17.6. The Labute approximate surface area is 281 Å². The highest BCUT2D eigenvalue weighted by Gasteiger charge is 2.30. The normalized spacial score (nSPS) is 13.8. The van der Waals surface area contributed by atoms with Crippen molar-refractivity contribution < 1.29 is 31.8 Å². The topological polar surface area (TPSA) is 132 Å². The molecule has 2 heterocycles. The Hall–Kier alpha value is -5.12. The second-order valence-electron chi connectivity index (χ2n) is 11.1. The fraction of sp³-hybridized carbons (Fsp3) is 0.306. The van der Waals surface area contributed by atoms with Crippen molar-refractivity contribution in [1.82, 2.24) is 4.57 Å². The van der Waals surface area contributed by atoms with Gasteiger partial charge in [-0.25, -0.2) is 22.3 Å². The highest BCUT2D eigenvalue weighted by molar-refractivity contribution is 7.85. The minimum absolute atomic E-state index is 0.111. The predicted molar refractivity (Wildman–Crippen MR) is 184 cm³/mol. The summed E-state index contributed by atoms with van der Waals surface area (Å²) in [4.78, 5) is 16.9. The van der Waals surface area contributed by atoms with Crippen molar-refractivity contribution in [3.05, 3.63) is 102 Å². The average molecular weight is 670 g/mol. The van der Waals surface area contributed by atoms with Crippen LogP contribution in [0.1, 0.15) is 48.9 Å². The molecule has 0 radical (unpaired) electrons. The van der Waals surface area contributed by atoms with Gasteiger partial charge in [-0.15, -0.1) is 0 Å². The lowest BCUT2D eigenvalue weighted by atomic mass is 10.2. The molecule has 4 aromatic rings. The Morgan fingerprint density at radius 3 is 2.48 bits per heavy atom. The zero-order chi connectivity index (χ0) is 34.3. The molecule has 0 atom stereocenters. The number of ether oxygens (including phenoxy) is 2. The van der Waals surface area contributed by atoms with Crippen LogP contribution in [0.25, 0.3) is 17.1 Å². The van der Waals surface area contributed by atoms with Gasteiger partial charge in [0, 0.05) is 24.4 Å². The molecule has 48 heavy (non-hydrogen) atoms. The molecule has 1 aliphatic rings. The summed E-state index contributed by atoms with van der Waals surface area (Å²) in [7, 11) is -4.40. The molecule has 0 amide bonds. The molecule has 0 spiro atoms. The minimum atomic E-state index is -4.40. The van der Waals surface area contributed by atoms with E-state index < -0.39 is 21.8 Å². The van der Waals surface area contributed by atoms with Gasteiger partial charge < -0.3 is 23.8 Å². The molecule has 1 aliphatic heterocycles. The van der Waals surface area contributed by atoms with Crippen LogP contribution in [0.4, 0.5) is 11.4 Å². The summed E-state index contributed by atoms with van der Waals surface area (Å²) in [6.45, 7) is 8.54. The van der Waals surface area contributed by atoms with E-state index >= 15 is 0 Å². The van der Waals surface area contributed by atoms with Crippen LogP contribution < -0.4 is 19.1 Å². The van der Waals surface area contributed by atoms with Crippen molar-refractivity contribution >= 4 is 44.6 Å². The molecule has 1 aromatic heterocycles. The maximum Gasteiger partial charge on any atom is 0.338 e. The summed E-state index contributed by atoms with van der Waals surface area (Å²) in [6, 6.07) is 22.8. The molecule has 0 saturated carbocycles. The number of anilines is 2. The lowest BCUT2D eigenvalue weighted by molar-refractivity contribution is -0.670. The van der Waals surface area contributed by atoms with Crippen LogP contribution >= 0.6 is 0 Å². The number of aromatic nitrogens is 2. The number of benzene rings is 3. The van der Waals surface area contributed by atoms with E-state index in [0.29, 0.717) is 37.4 Å². The van der Waals surface area contributed by atoms with E-state index in [1.54, 1.807) is 19.1 Å². The van der Waals surface area contributed by atoms with E-state index in [9.17, 15) is 23.0 Å². The first kappa shape index (κ1) is 34.2. The number of fused-ring (bicyclic) bond motifs is 2. The number of nitriles is 1. The van der Waals surface area contributed by atoms with Crippen LogP contribution in [0.2, 0.25) is 0 Å². The first-order chi connectivity index (χ1) is 23.2. The predicted octanol–water partition coefficient (Wildman–Crippen LogP) is 5.21. The highest BCUT2D eigenvalue weighted by atomic mass is 32.2. The van der Waals surface area contributed by atoms with Gasteiger partial charge in [0.1, 0.15) is 18.2 Å². The number of nitrogens with zero attached hydrogens (tertiary/aromatic N) is 5. The van der Waals surface area contributed by atoms with E-state index in [0.717, 1.165) is 39.8 Å². The number of esters is 1.